The Morgan fingerprint density at radius 1 is 1.27 bits per heavy atom. The summed E-state index contributed by atoms with van der Waals surface area (Å²) in [5, 5.41) is 7.58. The summed E-state index contributed by atoms with van der Waals surface area (Å²) in [6.07, 6.45) is 0.212. The van der Waals surface area contributed by atoms with Gasteiger partial charge in [0, 0.05) is 38.8 Å². The summed E-state index contributed by atoms with van der Waals surface area (Å²) in [4.78, 5) is 9.70. The number of aliphatic imine (C=N–C) groups is 1. The van der Waals surface area contributed by atoms with Gasteiger partial charge in [-0.2, -0.15) is 0 Å². The summed E-state index contributed by atoms with van der Waals surface area (Å²) in [7, 11) is 0. The van der Waals surface area contributed by atoms with Gasteiger partial charge in [-0.15, -0.1) is 0 Å². The van der Waals surface area contributed by atoms with Gasteiger partial charge in [0.1, 0.15) is 6.54 Å². The second-order valence-corrected chi connectivity index (χ2v) is 8.38. The normalized spacial score (nSPS) is 22.5. The fraction of sp³-hybridized carbons (Fsp3) is 0.565. The van der Waals surface area contributed by atoms with Crippen LogP contribution in [0.2, 0.25) is 0 Å². The molecule has 30 heavy (non-hydrogen) atoms. The lowest BCUT2D eigenvalue weighted by Crippen LogP contribution is -2.50. The fourth-order valence-electron chi connectivity index (χ4n) is 4.20. The lowest BCUT2D eigenvalue weighted by molar-refractivity contribution is -0.0502. The van der Waals surface area contributed by atoms with E-state index in [1.54, 1.807) is 0 Å². The Labute approximate surface area is 179 Å². The van der Waals surface area contributed by atoms with Crippen LogP contribution in [0.1, 0.15) is 43.7 Å². The topological polar surface area (TPSA) is 66.1 Å². The number of rotatable bonds is 6. The fourth-order valence-corrected chi connectivity index (χ4v) is 4.20. The SMILES string of the molecule is CCNC(=NCc1cc(C(C)C)no1)N1CC2OCCN(Cc3ccccc3)C2C1. The highest BCUT2D eigenvalue weighted by atomic mass is 16.5. The van der Waals surface area contributed by atoms with Crippen LogP contribution in [-0.4, -0.2) is 65.8 Å². The molecule has 1 aromatic carbocycles. The Morgan fingerprint density at radius 3 is 2.83 bits per heavy atom. The molecule has 3 heterocycles. The van der Waals surface area contributed by atoms with Crippen LogP contribution in [0.25, 0.3) is 0 Å². The number of hydrogen-bond acceptors (Lipinski definition) is 5. The number of nitrogens with one attached hydrogen (secondary N) is 1. The molecule has 7 nitrogen and oxygen atoms in total. The van der Waals surface area contributed by atoms with E-state index in [4.69, 9.17) is 14.3 Å². The molecule has 2 saturated heterocycles. The number of aromatic nitrogens is 1. The lowest BCUT2D eigenvalue weighted by atomic mass is 10.1. The van der Waals surface area contributed by atoms with E-state index < -0.39 is 0 Å². The zero-order chi connectivity index (χ0) is 20.9. The zero-order valence-electron chi connectivity index (χ0n) is 18.3. The van der Waals surface area contributed by atoms with E-state index in [0.29, 0.717) is 18.5 Å². The van der Waals surface area contributed by atoms with Crippen LogP contribution < -0.4 is 5.32 Å². The molecule has 1 aromatic heterocycles. The third-order valence-electron chi connectivity index (χ3n) is 5.83. The first-order valence-electron chi connectivity index (χ1n) is 11.0. The van der Waals surface area contributed by atoms with Gasteiger partial charge in [-0.25, -0.2) is 4.99 Å². The molecule has 0 spiro atoms. The number of hydrogen-bond donors (Lipinski definition) is 1. The highest BCUT2D eigenvalue weighted by Gasteiger charge is 2.41. The van der Waals surface area contributed by atoms with E-state index in [0.717, 1.165) is 56.7 Å². The molecule has 1 N–H and O–H groups in total. The first-order chi connectivity index (χ1) is 14.6. The molecule has 2 fully saturated rings. The minimum absolute atomic E-state index is 0.212. The molecule has 2 atom stereocenters. The van der Waals surface area contributed by atoms with Crippen molar-refractivity contribution in [2.75, 3.05) is 32.8 Å². The van der Waals surface area contributed by atoms with Gasteiger partial charge in [-0.3, -0.25) is 4.90 Å². The van der Waals surface area contributed by atoms with Gasteiger partial charge in [0.15, 0.2) is 11.7 Å². The highest BCUT2D eigenvalue weighted by molar-refractivity contribution is 5.80. The molecule has 0 saturated carbocycles. The van der Waals surface area contributed by atoms with Crippen LogP contribution in [0.5, 0.6) is 0 Å². The van der Waals surface area contributed by atoms with Crippen LogP contribution in [0.4, 0.5) is 0 Å². The third kappa shape index (κ3) is 4.84. The lowest BCUT2D eigenvalue weighted by Gasteiger charge is -2.36. The number of ether oxygens (including phenoxy) is 1. The molecule has 2 aliphatic heterocycles. The zero-order valence-corrected chi connectivity index (χ0v) is 18.3. The van der Waals surface area contributed by atoms with E-state index in [2.05, 4.69) is 71.4 Å². The maximum absolute atomic E-state index is 6.13. The standard InChI is InChI=1S/C23H33N5O2/c1-4-24-23(25-13-19-12-20(17(2)3)26-30-19)28-15-21-22(16-28)29-11-10-27(21)14-18-8-6-5-7-9-18/h5-9,12,17,21-22H,4,10-11,13-16H2,1-3H3,(H,24,25). The Balaban J connectivity index is 1.43. The maximum atomic E-state index is 6.13. The van der Waals surface area contributed by atoms with Crippen molar-refractivity contribution >= 4 is 5.96 Å². The second kappa shape index (κ2) is 9.62. The van der Waals surface area contributed by atoms with Crippen molar-refractivity contribution in [1.82, 2.24) is 20.3 Å². The first-order valence-corrected chi connectivity index (χ1v) is 11.0. The molecule has 162 valence electrons. The van der Waals surface area contributed by atoms with Crippen LogP contribution in [-0.2, 0) is 17.8 Å². The molecule has 0 radical (unpaired) electrons. The Bertz CT molecular complexity index is 835. The van der Waals surface area contributed by atoms with Crippen LogP contribution >= 0.6 is 0 Å². The highest BCUT2D eigenvalue weighted by Crippen LogP contribution is 2.25. The van der Waals surface area contributed by atoms with Crippen molar-refractivity contribution in [3.05, 3.63) is 53.4 Å². The summed E-state index contributed by atoms with van der Waals surface area (Å²) in [5.74, 6) is 2.07. The van der Waals surface area contributed by atoms with E-state index in [-0.39, 0.29) is 6.10 Å². The van der Waals surface area contributed by atoms with Gasteiger partial charge in [0.2, 0.25) is 0 Å². The molecule has 7 heteroatoms. The average Bonchev–Trinajstić information content (AvgIpc) is 3.40. The first kappa shape index (κ1) is 20.9. The van der Waals surface area contributed by atoms with Gasteiger partial charge in [-0.05, 0) is 18.4 Å². The van der Waals surface area contributed by atoms with Crippen LogP contribution in [0.3, 0.4) is 0 Å². The number of morpholine rings is 1. The molecule has 2 aliphatic rings. The van der Waals surface area contributed by atoms with Crippen molar-refractivity contribution < 1.29 is 9.26 Å². The van der Waals surface area contributed by atoms with E-state index in [1.807, 2.05) is 6.07 Å². The molecule has 0 aliphatic carbocycles. The van der Waals surface area contributed by atoms with E-state index in [9.17, 15) is 0 Å². The summed E-state index contributed by atoms with van der Waals surface area (Å²) in [6.45, 7) is 12.1. The van der Waals surface area contributed by atoms with Crippen molar-refractivity contribution in [3.8, 4) is 0 Å². The summed E-state index contributed by atoms with van der Waals surface area (Å²) in [5.41, 5.74) is 2.32. The van der Waals surface area contributed by atoms with Gasteiger partial charge in [0.25, 0.3) is 0 Å². The van der Waals surface area contributed by atoms with E-state index >= 15 is 0 Å². The minimum atomic E-state index is 0.212. The molecule has 2 aromatic rings. The number of likely N-dealkylation sites (tertiary alicyclic amines) is 1. The Kier molecular flexibility index (Phi) is 6.69. The summed E-state index contributed by atoms with van der Waals surface area (Å²) >= 11 is 0. The number of fused-ring (bicyclic) bond motifs is 1. The van der Waals surface area contributed by atoms with Crippen molar-refractivity contribution in [3.63, 3.8) is 0 Å². The van der Waals surface area contributed by atoms with Gasteiger partial charge in [0.05, 0.1) is 24.4 Å². The molecule has 0 bridgehead atoms. The van der Waals surface area contributed by atoms with Crippen molar-refractivity contribution in [1.29, 1.82) is 0 Å². The monoisotopic (exact) mass is 411 g/mol. The second-order valence-electron chi connectivity index (χ2n) is 8.38. The average molecular weight is 412 g/mol. The van der Waals surface area contributed by atoms with Gasteiger partial charge < -0.3 is 19.5 Å². The Hall–Kier alpha value is -2.38. The molecule has 2 unspecified atom stereocenters. The third-order valence-corrected chi connectivity index (χ3v) is 5.83. The smallest absolute Gasteiger partial charge is 0.194 e. The van der Waals surface area contributed by atoms with Gasteiger partial charge in [-0.1, -0.05) is 49.3 Å². The van der Waals surface area contributed by atoms with E-state index in [1.165, 1.54) is 5.56 Å². The molecule has 4 rings (SSSR count). The maximum Gasteiger partial charge on any atom is 0.194 e. The molecular weight excluding hydrogens is 378 g/mol. The van der Waals surface area contributed by atoms with Gasteiger partial charge >= 0.3 is 0 Å². The predicted octanol–water partition coefficient (Wildman–Crippen LogP) is 2.85. The van der Waals surface area contributed by atoms with Crippen molar-refractivity contribution in [2.45, 2.75) is 51.9 Å². The quantitative estimate of drug-likeness (QED) is 0.582. The van der Waals surface area contributed by atoms with Crippen LogP contribution in [0, 0.1) is 0 Å². The Morgan fingerprint density at radius 2 is 2.10 bits per heavy atom. The number of guanidine groups is 1. The number of benzene rings is 1. The largest absolute Gasteiger partial charge is 0.373 e. The van der Waals surface area contributed by atoms with Crippen LogP contribution in [0.15, 0.2) is 45.9 Å². The number of nitrogens with zero attached hydrogens (tertiary/aromatic N) is 4. The predicted molar refractivity (Wildman–Crippen MR) is 117 cm³/mol. The minimum Gasteiger partial charge on any atom is -0.373 e. The molecule has 0 amide bonds. The molecular formula is C23H33N5O2. The summed E-state index contributed by atoms with van der Waals surface area (Å²) in [6, 6.07) is 13.1. The summed E-state index contributed by atoms with van der Waals surface area (Å²) < 4.78 is 11.6. The van der Waals surface area contributed by atoms with Crippen molar-refractivity contribution in [2.24, 2.45) is 4.99 Å².